The molecule has 0 saturated heterocycles. The Kier molecular flexibility index (Phi) is 4.21. The predicted molar refractivity (Wildman–Crippen MR) is 93.6 cm³/mol. The second-order valence-corrected chi connectivity index (χ2v) is 7.00. The van der Waals surface area contributed by atoms with Gasteiger partial charge in [-0.15, -0.1) is 11.6 Å². The highest BCUT2D eigenvalue weighted by atomic mass is 127. The van der Waals surface area contributed by atoms with Crippen molar-refractivity contribution in [2.45, 2.75) is 25.3 Å². The van der Waals surface area contributed by atoms with Gasteiger partial charge < -0.3 is 4.57 Å². The van der Waals surface area contributed by atoms with Crippen LogP contribution in [0.3, 0.4) is 0 Å². The summed E-state index contributed by atoms with van der Waals surface area (Å²) in [5, 5.41) is 4.32. The van der Waals surface area contributed by atoms with Crippen molar-refractivity contribution >= 4 is 45.2 Å². The Labute approximate surface area is 142 Å². The van der Waals surface area contributed by atoms with E-state index in [0.717, 1.165) is 35.5 Å². The third kappa shape index (κ3) is 3.08. The number of aryl methyl sites for hydroxylation is 3. The normalized spacial score (nSPS) is 13.0. The van der Waals surface area contributed by atoms with Crippen molar-refractivity contribution in [3.8, 4) is 0 Å². The molecule has 0 fully saturated rings. The molecule has 0 amide bonds. The first-order valence-corrected chi connectivity index (χ1v) is 8.34. The quantitative estimate of drug-likeness (QED) is 0.479. The average Bonchev–Trinajstić information content (AvgIpc) is 2.99. The van der Waals surface area contributed by atoms with E-state index in [-0.39, 0.29) is 5.38 Å². The van der Waals surface area contributed by atoms with E-state index >= 15 is 0 Å². The lowest BCUT2D eigenvalue weighted by molar-refractivity contribution is 0.647. The third-order valence-corrected chi connectivity index (χ3v) is 4.32. The Hall–Kier alpha value is -1.08. The van der Waals surface area contributed by atoms with Crippen LogP contribution in [0.5, 0.6) is 0 Å². The highest BCUT2D eigenvalue weighted by molar-refractivity contribution is 14.1. The maximum Gasteiger partial charge on any atom is 0.127 e. The van der Waals surface area contributed by atoms with Crippen molar-refractivity contribution in [1.82, 2.24) is 19.3 Å². The van der Waals surface area contributed by atoms with Gasteiger partial charge >= 0.3 is 0 Å². The molecule has 0 aliphatic rings. The lowest BCUT2D eigenvalue weighted by atomic mass is 10.3. The first-order valence-electron chi connectivity index (χ1n) is 6.83. The smallest absolute Gasteiger partial charge is 0.127 e. The molecule has 0 saturated carbocycles. The molecule has 0 radical (unpaired) electrons. The molecule has 0 spiro atoms. The lowest BCUT2D eigenvalue weighted by Crippen LogP contribution is -2.07. The summed E-state index contributed by atoms with van der Waals surface area (Å²) in [5.41, 5.74) is 3.22. The summed E-state index contributed by atoms with van der Waals surface area (Å²) in [6.45, 7) is 2.80. The van der Waals surface area contributed by atoms with E-state index in [1.807, 2.05) is 30.9 Å². The topological polar surface area (TPSA) is 35.6 Å². The predicted octanol–water partition coefficient (Wildman–Crippen LogP) is 3.92. The highest BCUT2D eigenvalue weighted by Gasteiger charge is 2.15. The molecular formula is C15H16ClIN4. The van der Waals surface area contributed by atoms with E-state index in [4.69, 9.17) is 16.6 Å². The zero-order valence-corrected chi connectivity index (χ0v) is 14.8. The van der Waals surface area contributed by atoms with Crippen LogP contribution in [0.1, 0.15) is 23.8 Å². The molecule has 1 unspecified atom stereocenters. The number of benzene rings is 1. The van der Waals surface area contributed by atoms with Gasteiger partial charge in [-0.2, -0.15) is 5.10 Å². The summed E-state index contributed by atoms with van der Waals surface area (Å²) >= 11 is 8.61. The summed E-state index contributed by atoms with van der Waals surface area (Å²) in [7, 11) is 1.93. The molecule has 3 rings (SSSR count). The molecule has 0 N–H and O–H groups in total. The van der Waals surface area contributed by atoms with Crippen LogP contribution in [0.2, 0.25) is 0 Å². The number of fused-ring (bicyclic) bond motifs is 1. The molecule has 0 bridgehead atoms. The van der Waals surface area contributed by atoms with Gasteiger partial charge in [0.15, 0.2) is 0 Å². The van der Waals surface area contributed by atoms with Crippen LogP contribution in [0.15, 0.2) is 30.5 Å². The van der Waals surface area contributed by atoms with Gasteiger partial charge in [0.2, 0.25) is 0 Å². The standard InChI is InChI=1S/C15H16ClIN4/c1-10(16)15-18-13-9-11(17)3-4-14(13)21(15)8-6-12-5-7-20(2)19-12/h3-5,7,9-10H,6,8H2,1-2H3. The molecule has 6 heteroatoms. The van der Waals surface area contributed by atoms with Crippen molar-refractivity contribution in [2.75, 3.05) is 0 Å². The molecule has 1 aromatic carbocycles. The molecule has 2 heterocycles. The van der Waals surface area contributed by atoms with Gasteiger partial charge in [0.25, 0.3) is 0 Å². The second kappa shape index (κ2) is 5.96. The first kappa shape index (κ1) is 14.8. The zero-order valence-electron chi connectivity index (χ0n) is 11.9. The number of nitrogens with zero attached hydrogens (tertiary/aromatic N) is 4. The Morgan fingerprint density at radius 2 is 2.14 bits per heavy atom. The largest absolute Gasteiger partial charge is 0.326 e. The number of hydrogen-bond donors (Lipinski definition) is 0. The molecule has 21 heavy (non-hydrogen) atoms. The van der Waals surface area contributed by atoms with Crippen LogP contribution < -0.4 is 0 Å². The summed E-state index contributed by atoms with van der Waals surface area (Å²) < 4.78 is 5.22. The van der Waals surface area contributed by atoms with Crippen molar-refractivity contribution in [3.63, 3.8) is 0 Å². The molecule has 110 valence electrons. The fourth-order valence-corrected chi connectivity index (χ4v) is 3.12. The molecule has 0 aliphatic carbocycles. The minimum atomic E-state index is -0.112. The molecule has 4 nitrogen and oxygen atoms in total. The van der Waals surface area contributed by atoms with Crippen LogP contribution in [-0.4, -0.2) is 19.3 Å². The van der Waals surface area contributed by atoms with Crippen LogP contribution in [0.4, 0.5) is 0 Å². The maximum atomic E-state index is 6.30. The van der Waals surface area contributed by atoms with E-state index in [1.54, 1.807) is 0 Å². The van der Waals surface area contributed by atoms with Gasteiger partial charge in [-0.1, -0.05) is 0 Å². The fourth-order valence-electron chi connectivity index (χ4n) is 2.48. The minimum Gasteiger partial charge on any atom is -0.326 e. The summed E-state index contributed by atoms with van der Waals surface area (Å²) in [6.07, 6.45) is 2.84. The SMILES string of the molecule is CC(Cl)c1nc2cc(I)ccc2n1CCc1ccn(C)n1. The Balaban J connectivity index is 1.97. The van der Waals surface area contributed by atoms with E-state index in [9.17, 15) is 0 Å². The van der Waals surface area contributed by atoms with E-state index in [0.29, 0.717) is 0 Å². The van der Waals surface area contributed by atoms with Gasteiger partial charge in [-0.3, -0.25) is 4.68 Å². The van der Waals surface area contributed by atoms with Crippen LogP contribution in [-0.2, 0) is 20.0 Å². The molecule has 1 atom stereocenters. The Morgan fingerprint density at radius 3 is 2.81 bits per heavy atom. The molecule has 3 aromatic rings. The van der Waals surface area contributed by atoms with Gasteiger partial charge in [-0.05, 0) is 53.8 Å². The van der Waals surface area contributed by atoms with E-state index in [1.165, 1.54) is 3.57 Å². The highest BCUT2D eigenvalue weighted by Crippen LogP contribution is 2.26. The first-order chi connectivity index (χ1) is 10.0. The molecular weight excluding hydrogens is 399 g/mol. The lowest BCUT2D eigenvalue weighted by Gasteiger charge is -2.09. The summed E-state index contributed by atoms with van der Waals surface area (Å²) in [6, 6.07) is 8.36. The van der Waals surface area contributed by atoms with Crippen molar-refractivity contribution in [3.05, 3.63) is 45.6 Å². The number of rotatable bonds is 4. The number of halogens is 2. The Morgan fingerprint density at radius 1 is 1.33 bits per heavy atom. The number of alkyl halides is 1. The monoisotopic (exact) mass is 414 g/mol. The number of hydrogen-bond acceptors (Lipinski definition) is 2. The van der Waals surface area contributed by atoms with Crippen LogP contribution in [0.25, 0.3) is 11.0 Å². The minimum absolute atomic E-state index is 0.112. The van der Waals surface area contributed by atoms with Crippen LogP contribution >= 0.6 is 34.2 Å². The average molecular weight is 415 g/mol. The van der Waals surface area contributed by atoms with Gasteiger partial charge in [-0.25, -0.2) is 4.98 Å². The van der Waals surface area contributed by atoms with Gasteiger partial charge in [0.05, 0.1) is 22.1 Å². The maximum absolute atomic E-state index is 6.30. The Bertz CT molecular complexity index is 775. The molecule has 2 aromatic heterocycles. The van der Waals surface area contributed by atoms with Gasteiger partial charge in [0, 0.05) is 29.8 Å². The van der Waals surface area contributed by atoms with Crippen molar-refractivity contribution in [2.24, 2.45) is 7.05 Å². The fraction of sp³-hybridized carbons (Fsp3) is 0.333. The summed E-state index contributed by atoms with van der Waals surface area (Å²) in [5.74, 6) is 0.921. The third-order valence-electron chi connectivity index (χ3n) is 3.46. The number of imidazole rings is 1. The molecule has 0 aliphatic heterocycles. The second-order valence-electron chi connectivity index (χ2n) is 5.10. The number of aromatic nitrogens is 4. The zero-order chi connectivity index (χ0) is 15.0. The van der Waals surface area contributed by atoms with Crippen LogP contribution in [0, 0.1) is 3.57 Å². The van der Waals surface area contributed by atoms with Crippen molar-refractivity contribution in [1.29, 1.82) is 0 Å². The van der Waals surface area contributed by atoms with E-state index < -0.39 is 0 Å². The summed E-state index contributed by atoms with van der Waals surface area (Å²) in [4.78, 5) is 4.69. The van der Waals surface area contributed by atoms with Gasteiger partial charge in [0.1, 0.15) is 5.82 Å². The van der Waals surface area contributed by atoms with Crippen molar-refractivity contribution < 1.29 is 0 Å². The van der Waals surface area contributed by atoms with E-state index in [2.05, 4.69) is 50.5 Å².